The van der Waals surface area contributed by atoms with E-state index in [1.54, 1.807) is 6.92 Å². The van der Waals surface area contributed by atoms with Crippen LogP contribution in [-0.4, -0.2) is 39.4 Å². The van der Waals surface area contributed by atoms with Crippen molar-refractivity contribution in [2.75, 3.05) is 13.1 Å². The molecule has 2 aliphatic heterocycles. The molecule has 1 aromatic heterocycles. The Morgan fingerprint density at radius 1 is 0.914 bits per heavy atom. The highest BCUT2D eigenvalue weighted by Gasteiger charge is 2.30. The SMILES string of the molecule is Cc1nc2ccc(CCc3ccc(CN4CCCCC4)cc3)cc2c(=O)n1C1CCC(=O)NC1=O. The molecule has 2 aromatic carbocycles. The van der Waals surface area contributed by atoms with Gasteiger partial charge in [0, 0.05) is 13.0 Å². The first kappa shape index (κ1) is 23.4. The molecule has 0 spiro atoms. The molecule has 0 saturated carbocycles. The summed E-state index contributed by atoms with van der Waals surface area (Å²) in [4.78, 5) is 44.4. The lowest BCUT2D eigenvalue weighted by Gasteiger charge is -2.26. The molecule has 0 radical (unpaired) electrons. The third-order valence-electron chi connectivity index (χ3n) is 7.24. The van der Waals surface area contributed by atoms with Crippen LogP contribution in [0.25, 0.3) is 10.9 Å². The summed E-state index contributed by atoms with van der Waals surface area (Å²) in [5.41, 5.74) is 4.09. The van der Waals surface area contributed by atoms with Gasteiger partial charge in [0.15, 0.2) is 0 Å². The van der Waals surface area contributed by atoms with Gasteiger partial charge in [0.25, 0.3) is 5.56 Å². The van der Waals surface area contributed by atoms with E-state index >= 15 is 0 Å². The van der Waals surface area contributed by atoms with Gasteiger partial charge < -0.3 is 0 Å². The van der Waals surface area contributed by atoms with Crippen LogP contribution in [0, 0.1) is 6.92 Å². The summed E-state index contributed by atoms with van der Waals surface area (Å²) in [6.45, 7) is 5.15. The molecular weight excluding hydrogens is 440 g/mol. The highest BCUT2D eigenvalue weighted by Crippen LogP contribution is 2.21. The molecule has 3 heterocycles. The summed E-state index contributed by atoms with van der Waals surface area (Å²) >= 11 is 0. The second kappa shape index (κ2) is 10.1. The van der Waals surface area contributed by atoms with Gasteiger partial charge in [-0.25, -0.2) is 4.98 Å². The Bertz CT molecular complexity index is 1310. The smallest absolute Gasteiger partial charge is 0.262 e. The van der Waals surface area contributed by atoms with Crippen molar-refractivity contribution in [3.8, 4) is 0 Å². The van der Waals surface area contributed by atoms with Crippen LogP contribution >= 0.6 is 0 Å². The van der Waals surface area contributed by atoms with Crippen molar-refractivity contribution in [3.05, 3.63) is 75.3 Å². The number of fused-ring (bicyclic) bond motifs is 1. The number of hydrogen-bond acceptors (Lipinski definition) is 5. The van der Waals surface area contributed by atoms with E-state index in [4.69, 9.17) is 0 Å². The number of nitrogens with one attached hydrogen (secondary N) is 1. The van der Waals surface area contributed by atoms with E-state index in [-0.39, 0.29) is 17.9 Å². The van der Waals surface area contributed by atoms with Crippen LogP contribution in [0.15, 0.2) is 47.3 Å². The molecule has 1 N–H and O–H groups in total. The third kappa shape index (κ3) is 5.20. The van der Waals surface area contributed by atoms with E-state index in [1.807, 2.05) is 18.2 Å². The maximum Gasteiger partial charge on any atom is 0.262 e. The molecule has 7 heteroatoms. The van der Waals surface area contributed by atoms with Crippen LogP contribution in [0.4, 0.5) is 0 Å². The number of piperidine rings is 2. The van der Waals surface area contributed by atoms with Crippen molar-refractivity contribution in [1.82, 2.24) is 19.8 Å². The van der Waals surface area contributed by atoms with Gasteiger partial charge in [0.05, 0.1) is 10.9 Å². The quantitative estimate of drug-likeness (QED) is 0.556. The predicted octanol–water partition coefficient (Wildman–Crippen LogP) is 3.45. The molecule has 2 amide bonds. The fraction of sp³-hybridized carbons (Fsp3) is 0.429. The molecule has 2 aliphatic rings. The van der Waals surface area contributed by atoms with Crippen molar-refractivity contribution >= 4 is 22.7 Å². The van der Waals surface area contributed by atoms with Crippen molar-refractivity contribution in [2.45, 2.75) is 64.5 Å². The number of aromatic nitrogens is 2. The molecule has 0 bridgehead atoms. The van der Waals surface area contributed by atoms with Crippen molar-refractivity contribution in [2.24, 2.45) is 0 Å². The van der Waals surface area contributed by atoms with Gasteiger partial charge >= 0.3 is 0 Å². The number of benzene rings is 2. The topological polar surface area (TPSA) is 84.3 Å². The number of carbonyl (C=O) groups excluding carboxylic acids is 2. The molecule has 1 atom stereocenters. The fourth-order valence-corrected chi connectivity index (χ4v) is 5.28. The number of imide groups is 1. The number of nitrogens with zero attached hydrogens (tertiary/aromatic N) is 3. The van der Waals surface area contributed by atoms with Crippen LogP contribution in [0.3, 0.4) is 0 Å². The highest BCUT2D eigenvalue weighted by atomic mass is 16.2. The molecule has 182 valence electrons. The van der Waals surface area contributed by atoms with Gasteiger partial charge in [0.2, 0.25) is 11.8 Å². The normalized spacial score (nSPS) is 19.2. The molecule has 0 aliphatic carbocycles. The Morgan fingerprint density at radius 3 is 2.34 bits per heavy atom. The lowest BCUT2D eigenvalue weighted by molar-refractivity contribution is -0.135. The zero-order valence-electron chi connectivity index (χ0n) is 20.3. The van der Waals surface area contributed by atoms with E-state index in [2.05, 4.69) is 39.5 Å². The first-order valence-corrected chi connectivity index (χ1v) is 12.6. The van der Waals surface area contributed by atoms with Crippen LogP contribution in [-0.2, 0) is 29.0 Å². The highest BCUT2D eigenvalue weighted by molar-refractivity contribution is 5.99. The number of hydrogen-bond donors (Lipinski definition) is 1. The molecular formula is C28H32N4O3. The lowest BCUT2D eigenvalue weighted by atomic mass is 10.0. The first-order valence-electron chi connectivity index (χ1n) is 12.6. The van der Waals surface area contributed by atoms with Gasteiger partial charge in [-0.3, -0.25) is 29.2 Å². The van der Waals surface area contributed by atoms with Gasteiger partial charge in [-0.1, -0.05) is 36.8 Å². The largest absolute Gasteiger partial charge is 0.299 e. The standard InChI is InChI=1S/C28H32N4O3/c1-19-29-24-12-11-21(17-23(24)28(35)32(19)25-13-14-26(33)30-27(25)34)8-5-20-6-9-22(10-7-20)18-31-15-3-2-4-16-31/h6-7,9-12,17,25H,2-5,8,13-16,18H2,1H3,(H,30,33,34). The average Bonchev–Trinajstić information content (AvgIpc) is 2.86. The summed E-state index contributed by atoms with van der Waals surface area (Å²) in [6, 6.07) is 14.0. The van der Waals surface area contributed by atoms with Gasteiger partial charge in [-0.15, -0.1) is 0 Å². The maximum absolute atomic E-state index is 13.4. The summed E-state index contributed by atoms with van der Waals surface area (Å²) < 4.78 is 1.44. The minimum Gasteiger partial charge on any atom is -0.299 e. The average molecular weight is 473 g/mol. The second-order valence-corrected chi connectivity index (χ2v) is 9.81. The minimum absolute atomic E-state index is 0.219. The van der Waals surface area contributed by atoms with Gasteiger partial charge in [0.1, 0.15) is 11.9 Å². The van der Waals surface area contributed by atoms with Crippen molar-refractivity contribution in [1.29, 1.82) is 0 Å². The van der Waals surface area contributed by atoms with Crippen molar-refractivity contribution < 1.29 is 9.59 Å². The first-order chi connectivity index (χ1) is 17.0. The molecule has 3 aromatic rings. The zero-order chi connectivity index (χ0) is 24.4. The van der Waals surface area contributed by atoms with Crippen LogP contribution < -0.4 is 10.9 Å². The van der Waals surface area contributed by atoms with Crippen LogP contribution in [0.1, 0.15) is 60.7 Å². The molecule has 7 nitrogen and oxygen atoms in total. The molecule has 2 fully saturated rings. The summed E-state index contributed by atoms with van der Waals surface area (Å²) in [6.07, 6.45) is 6.19. The minimum atomic E-state index is -0.704. The Balaban J connectivity index is 1.30. The fourth-order valence-electron chi connectivity index (χ4n) is 5.28. The van der Waals surface area contributed by atoms with E-state index < -0.39 is 11.9 Å². The summed E-state index contributed by atoms with van der Waals surface area (Å²) in [5, 5.41) is 2.85. The van der Waals surface area contributed by atoms with Crippen molar-refractivity contribution in [3.63, 3.8) is 0 Å². The van der Waals surface area contributed by atoms with Crippen LogP contribution in [0.2, 0.25) is 0 Å². The Labute approximate surface area is 205 Å². The maximum atomic E-state index is 13.4. The molecule has 35 heavy (non-hydrogen) atoms. The van der Waals surface area contributed by atoms with E-state index in [9.17, 15) is 14.4 Å². The summed E-state index contributed by atoms with van der Waals surface area (Å²) in [7, 11) is 0. The van der Waals surface area contributed by atoms with E-state index in [0.717, 1.165) is 24.9 Å². The number of amides is 2. The molecule has 5 rings (SSSR count). The monoisotopic (exact) mass is 472 g/mol. The number of carbonyl (C=O) groups is 2. The van der Waals surface area contributed by atoms with Gasteiger partial charge in [-0.05, 0) is 80.9 Å². The third-order valence-corrected chi connectivity index (χ3v) is 7.24. The molecule has 1 unspecified atom stereocenters. The Morgan fingerprint density at radius 2 is 1.60 bits per heavy atom. The zero-order valence-corrected chi connectivity index (χ0v) is 20.3. The second-order valence-electron chi connectivity index (χ2n) is 9.81. The Hall–Kier alpha value is -3.32. The van der Waals surface area contributed by atoms with E-state index in [0.29, 0.717) is 23.1 Å². The van der Waals surface area contributed by atoms with E-state index in [1.165, 1.54) is 48.0 Å². The number of likely N-dealkylation sites (tertiary alicyclic amines) is 1. The molecule has 2 saturated heterocycles. The lowest BCUT2D eigenvalue weighted by Crippen LogP contribution is -2.45. The van der Waals surface area contributed by atoms with Gasteiger partial charge in [-0.2, -0.15) is 0 Å². The summed E-state index contributed by atoms with van der Waals surface area (Å²) in [5.74, 6) is -0.255. The van der Waals surface area contributed by atoms with Crippen LogP contribution in [0.5, 0.6) is 0 Å². The Kier molecular flexibility index (Phi) is 6.77. The number of rotatable bonds is 6. The number of aryl methyl sites for hydroxylation is 3. The predicted molar refractivity (Wildman–Crippen MR) is 135 cm³/mol.